The first-order chi connectivity index (χ1) is 21.0. The molecule has 2 N–H and O–H groups in total. The predicted molar refractivity (Wildman–Crippen MR) is 178 cm³/mol. The molecule has 1 saturated carbocycles. The highest BCUT2D eigenvalue weighted by atomic mass is 32.2. The maximum Gasteiger partial charge on any atom is 0.258 e. The van der Waals surface area contributed by atoms with Crippen molar-refractivity contribution >= 4 is 50.2 Å². The molecule has 0 saturated heterocycles. The molecule has 0 atom stereocenters. The van der Waals surface area contributed by atoms with Gasteiger partial charge in [0.15, 0.2) is 0 Å². The summed E-state index contributed by atoms with van der Waals surface area (Å²) in [5.74, 6) is -0.312. The number of hydrogen-bond acceptors (Lipinski definition) is 6. The van der Waals surface area contributed by atoms with Crippen molar-refractivity contribution in [2.45, 2.75) is 38.1 Å². The third kappa shape index (κ3) is 6.97. The lowest BCUT2D eigenvalue weighted by atomic mass is 9.93. The van der Waals surface area contributed by atoms with E-state index < -0.39 is 10.0 Å². The summed E-state index contributed by atoms with van der Waals surface area (Å²) in [6.45, 7) is 0.901. The molecule has 1 aliphatic carbocycles. The molecule has 0 aromatic heterocycles. The van der Waals surface area contributed by atoms with Crippen LogP contribution >= 0.6 is 0 Å². The van der Waals surface area contributed by atoms with Crippen molar-refractivity contribution in [1.82, 2.24) is 9.80 Å². The van der Waals surface area contributed by atoms with E-state index in [1.165, 1.54) is 17.0 Å². The average molecular weight is 616 g/mol. The summed E-state index contributed by atoms with van der Waals surface area (Å²) in [6, 6.07) is 22.3. The minimum atomic E-state index is -3.48. The fourth-order valence-corrected chi connectivity index (χ4v) is 6.82. The summed E-state index contributed by atoms with van der Waals surface area (Å²) in [6.07, 6.45) is 6.70. The molecule has 0 bridgehead atoms. The van der Waals surface area contributed by atoms with Crippen molar-refractivity contribution in [1.29, 1.82) is 0 Å². The lowest BCUT2D eigenvalue weighted by Crippen LogP contribution is -2.38. The smallest absolute Gasteiger partial charge is 0.258 e. The Morgan fingerprint density at radius 1 is 0.886 bits per heavy atom. The second-order valence-corrected chi connectivity index (χ2v) is 13.8. The molecule has 0 radical (unpaired) electrons. The predicted octanol–water partition coefficient (Wildman–Crippen LogP) is 5.35. The van der Waals surface area contributed by atoms with Crippen LogP contribution in [0.15, 0.2) is 72.8 Å². The molecule has 3 aromatic carbocycles. The third-order valence-corrected chi connectivity index (χ3v) is 9.54. The number of benzene rings is 3. The summed E-state index contributed by atoms with van der Waals surface area (Å²) in [5.41, 5.74) is 4.93. The quantitative estimate of drug-likeness (QED) is 0.298. The Hall–Kier alpha value is -4.15. The van der Waals surface area contributed by atoms with Crippen LogP contribution in [-0.4, -0.2) is 76.6 Å². The fraction of sp³-hybridized carbons (Fsp3) is 0.353. The summed E-state index contributed by atoms with van der Waals surface area (Å²) < 4.78 is 26.5. The molecule has 2 aliphatic rings. The molecule has 1 fully saturated rings. The molecule has 44 heavy (non-hydrogen) atoms. The van der Waals surface area contributed by atoms with Gasteiger partial charge in [-0.1, -0.05) is 49.6 Å². The number of sulfonamides is 1. The molecule has 3 aromatic rings. The van der Waals surface area contributed by atoms with Gasteiger partial charge in [-0.3, -0.25) is 13.9 Å². The van der Waals surface area contributed by atoms with Crippen molar-refractivity contribution in [3.8, 4) is 0 Å². The maximum atomic E-state index is 13.5. The highest BCUT2D eigenvalue weighted by Gasteiger charge is 2.31. The van der Waals surface area contributed by atoms with E-state index in [-0.39, 0.29) is 17.9 Å². The average Bonchev–Trinajstić information content (AvgIpc) is 3.34. The standard InChI is InChI=1S/C34H41N5O4S/c1-37(2)21-22-39(44(4,42)43)28-18-16-26(17-19-28)35-32(24-11-7-5-8-12-24)31-29-23-25(15-20-30(29)36-33(31)40)34(41)38(3)27-13-9-6-10-14-27/h5,7-8,11-12,15-20,23,27,35H,6,9-10,13-14,21-22H2,1-4H3,(H,36,40)/b32-31-. The summed E-state index contributed by atoms with van der Waals surface area (Å²) in [7, 11) is 2.19. The van der Waals surface area contributed by atoms with Gasteiger partial charge in [0.25, 0.3) is 11.8 Å². The van der Waals surface area contributed by atoms with E-state index in [2.05, 4.69) is 10.6 Å². The van der Waals surface area contributed by atoms with Crippen molar-refractivity contribution in [2.24, 2.45) is 0 Å². The highest BCUT2D eigenvalue weighted by Crippen LogP contribution is 2.38. The number of nitrogens with one attached hydrogen (secondary N) is 2. The van der Waals surface area contributed by atoms with Gasteiger partial charge in [0.05, 0.1) is 23.2 Å². The van der Waals surface area contributed by atoms with Gasteiger partial charge in [0.2, 0.25) is 10.0 Å². The Morgan fingerprint density at radius 3 is 2.20 bits per heavy atom. The molecular formula is C34H41N5O4S. The van der Waals surface area contributed by atoms with E-state index in [0.29, 0.717) is 52.5 Å². The zero-order valence-corrected chi connectivity index (χ0v) is 26.7. The van der Waals surface area contributed by atoms with E-state index >= 15 is 0 Å². The van der Waals surface area contributed by atoms with Crippen LogP contribution < -0.4 is 14.9 Å². The lowest BCUT2D eigenvalue weighted by molar-refractivity contribution is -0.110. The second-order valence-electron chi connectivity index (χ2n) is 11.8. The topological polar surface area (TPSA) is 102 Å². The molecule has 9 nitrogen and oxygen atoms in total. The first-order valence-corrected chi connectivity index (χ1v) is 16.9. The van der Waals surface area contributed by atoms with Gasteiger partial charge in [0.1, 0.15) is 0 Å². The van der Waals surface area contributed by atoms with Gasteiger partial charge in [-0.05, 0) is 75.0 Å². The van der Waals surface area contributed by atoms with Crippen LogP contribution in [0.5, 0.6) is 0 Å². The Balaban J connectivity index is 1.51. The molecular weight excluding hydrogens is 574 g/mol. The van der Waals surface area contributed by atoms with Gasteiger partial charge in [-0.2, -0.15) is 0 Å². The van der Waals surface area contributed by atoms with E-state index in [9.17, 15) is 18.0 Å². The number of nitrogens with zero attached hydrogens (tertiary/aromatic N) is 3. The van der Waals surface area contributed by atoms with Gasteiger partial charge in [0, 0.05) is 48.7 Å². The number of hydrogen-bond donors (Lipinski definition) is 2. The number of rotatable bonds is 10. The Morgan fingerprint density at radius 2 is 1.57 bits per heavy atom. The number of anilines is 3. The minimum absolute atomic E-state index is 0.0482. The molecule has 1 aliphatic heterocycles. The van der Waals surface area contributed by atoms with E-state index in [1.807, 2.05) is 67.3 Å². The van der Waals surface area contributed by atoms with Crippen molar-refractivity contribution in [3.05, 3.63) is 89.5 Å². The van der Waals surface area contributed by atoms with Crippen LogP contribution in [0.25, 0.3) is 11.3 Å². The van der Waals surface area contributed by atoms with Gasteiger partial charge >= 0.3 is 0 Å². The van der Waals surface area contributed by atoms with Crippen LogP contribution in [0.1, 0.15) is 53.6 Å². The number of fused-ring (bicyclic) bond motifs is 1. The lowest BCUT2D eigenvalue weighted by Gasteiger charge is -2.31. The first-order valence-electron chi connectivity index (χ1n) is 15.0. The van der Waals surface area contributed by atoms with Gasteiger partial charge in [-0.25, -0.2) is 8.42 Å². The molecule has 10 heteroatoms. The van der Waals surface area contributed by atoms with E-state index in [0.717, 1.165) is 31.2 Å². The Kier molecular flexibility index (Phi) is 9.41. The maximum absolute atomic E-state index is 13.5. The zero-order valence-electron chi connectivity index (χ0n) is 25.8. The third-order valence-electron chi connectivity index (χ3n) is 8.34. The summed E-state index contributed by atoms with van der Waals surface area (Å²) in [4.78, 5) is 30.8. The van der Waals surface area contributed by atoms with E-state index in [4.69, 9.17) is 0 Å². The zero-order chi connectivity index (χ0) is 31.4. The van der Waals surface area contributed by atoms with Crippen molar-refractivity contribution in [2.75, 3.05) is 55.4 Å². The van der Waals surface area contributed by atoms with Gasteiger partial charge < -0.3 is 20.4 Å². The molecule has 2 amide bonds. The van der Waals surface area contributed by atoms with Crippen LogP contribution in [0, 0.1) is 0 Å². The highest BCUT2D eigenvalue weighted by molar-refractivity contribution is 7.92. The Bertz CT molecular complexity index is 1650. The molecule has 1 heterocycles. The SMILES string of the molecule is CN(C)CCN(c1ccc(N/C(=C2\C(=O)Nc3ccc(C(=O)N(C)C4CCCCC4)cc32)c2ccccc2)cc1)S(C)(=O)=O. The number of amides is 2. The van der Waals surface area contributed by atoms with Crippen molar-refractivity contribution in [3.63, 3.8) is 0 Å². The van der Waals surface area contributed by atoms with Gasteiger partial charge in [-0.15, -0.1) is 0 Å². The molecule has 5 rings (SSSR count). The number of carbonyl (C=O) groups excluding carboxylic acids is 2. The molecule has 0 spiro atoms. The largest absolute Gasteiger partial charge is 0.354 e. The van der Waals surface area contributed by atoms with Crippen LogP contribution in [0.4, 0.5) is 17.1 Å². The minimum Gasteiger partial charge on any atom is -0.354 e. The first kappa shape index (κ1) is 31.3. The summed E-state index contributed by atoms with van der Waals surface area (Å²) >= 11 is 0. The fourth-order valence-electron chi connectivity index (χ4n) is 5.90. The second kappa shape index (κ2) is 13.2. The number of carbonyl (C=O) groups is 2. The van der Waals surface area contributed by atoms with Crippen LogP contribution in [0.3, 0.4) is 0 Å². The molecule has 0 unspecified atom stereocenters. The normalized spacial score (nSPS) is 16.3. The summed E-state index contributed by atoms with van der Waals surface area (Å²) in [5, 5.41) is 6.40. The van der Waals surface area contributed by atoms with Crippen molar-refractivity contribution < 1.29 is 18.0 Å². The van der Waals surface area contributed by atoms with E-state index in [1.54, 1.807) is 36.4 Å². The monoisotopic (exact) mass is 615 g/mol. The molecule has 232 valence electrons. The van der Waals surface area contributed by atoms with Crippen LogP contribution in [-0.2, 0) is 14.8 Å². The van der Waals surface area contributed by atoms with Crippen LogP contribution in [0.2, 0.25) is 0 Å². The Labute approximate surface area is 260 Å². The number of likely N-dealkylation sites (N-methyl/N-ethyl adjacent to an activating group) is 1.